The molecule has 0 N–H and O–H groups in total. The zero-order valence-electron chi connectivity index (χ0n) is 16.8. The average Bonchev–Trinajstić information content (AvgIpc) is 2.74. The maximum atomic E-state index is 14.1. The van der Waals surface area contributed by atoms with Gasteiger partial charge in [0.15, 0.2) is 0 Å². The third-order valence-electron chi connectivity index (χ3n) is 6.97. The van der Waals surface area contributed by atoms with E-state index in [1.54, 1.807) is 12.1 Å². The number of piperidine rings is 2. The number of benzene rings is 1. The van der Waals surface area contributed by atoms with Crippen LogP contribution in [0, 0.1) is 5.82 Å². The summed E-state index contributed by atoms with van der Waals surface area (Å²) >= 11 is 0. The van der Waals surface area contributed by atoms with Gasteiger partial charge in [-0.25, -0.2) is 4.39 Å². The molecule has 5 heteroatoms. The van der Waals surface area contributed by atoms with Gasteiger partial charge in [-0.05, 0) is 64.0 Å². The lowest BCUT2D eigenvalue weighted by Crippen LogP contribution is -2.57. The molecule has 27 heavy (non-hydrogen) atoms. The van der Waals surface area contributed by atoms with Crippen LogP contribution in [0.25, 0.3) is 0 Å². The van der Waals surface area contributed by atoms with Crippen LogP contribution < -0.4 is 4.90 Å². The van der Waals surface area contributed by atoms with Gasteiger partial charge in [0.25, 0.3) is 0 Å². The second-order valence-electron chi connectivity index (χ2n) is 8.43. The summed E-state index contributed by atoms with van der Waals surface area (Å²) < 4.78 is 14.1. The van der Waals surface area contributed by atoms with Crippen molar-refractivity contribution >= 4 is 5.69 Å². The smallest absolute Gasteiger partial charge is 0.146 e. The van der Waals surface area contributed by atoms with Crippen LogP contribution in [-0.4, -0.2) is 85.7 Å². The molecule has 4 rings (SSSR count). The average molecular weight is 375 g/mol. The Morgan fingerprint density at radius 2 is 1.59 bits per heavy atom. The summed E-state index contributed by atoms with van der Waals surface area (Å²) in [7, 11) is 0. The van der Waals surface area contributed by atoms with E-state index in [4.69, 9.17) is 0 Å². The Morgan fingerprint density at radius 3 is 2.30 bits per heavy atom. The molecule has 150 valence electrons. The largest absolute Gasteiger partial charge is 0.367 e. The summed E-state index contributed by atoms with van der Waals surface area (Å²) in [5.41, 5.74) is 0.769. The van der Waals surface area contributed by atoms with Gasteiger partial charge in [-0.15, -0.1) is 0 Å². The van der Waals surface area contributed by atoms with Gasteiger partial charge >= 0.3 is 0 Å². The van der Waals surface area contributed by atoms with Crippen LogP contribution in [0.3, 0.4) is 0 Å². The SMILES string of the molecule is CCN1CCC(N2CCC[C@H](N3CCN(c4ccccc4F)CC3)C2)CC1. The molecule has 1 aromatic carbocycles. The molecule has 0 unspecified atom stereocenters. The Balaban J connectivity index is 1.29. The predicted octanol–water partition coefficient (Wildman–Crippen LogP) is 2.90. The number of piperazine rings is 1. The number of halogens is 1. The Kier molecular flexibility index (Phi) is 6.31. The Labute approximate surface area is 163 Å². The van der Waals surface area contributed by atoms with Crippen molar-refractivity contribution in [2.75, 3.05) is 63.8 Å². The van der Waals surface area contributed by atoms with Crippen molar-refractivity contribution in [2.24, 2.45) is 0 Å². The molecular weight excluding hydrogens is 339 g/mol. The fourth-order valence-corrected chi connectivity index (χ4v) is 5.25. The zero-order valence-corrected chi connectivity index (χ0v) is 16.8. The maximum absolute atomic E-state index is 14.1. The van der Waals surface area contributed by atoms with E-state index in [-0.39, 0.29) is 5.82 Å². The van der Waals surface area contributed by atoms with Crippen LogP contribution in [0.15, 0.2) is 24.3 Å². The second-order valence-corrected chi connectivity index (χ2v) is 8.43. The van der Waals surface area contributed by atoms with Gasteiger partial charge in [-0.2, -0.15) is 0 Å². The van der Waals surface area contributed by atoms with Gasteiger partial charge < -0.3 is 9.80 Å². The van der Waals surface area contributed by atoms with E-state index in [9.17, 15) is 4.39 Å². The molecule has 4 nitrogen and oxygen atoms in total. The topological polar surface area (TPSA) is 13.0 Å². The Hall–Kier alpha value is -1.17. The van der Waals surface area contributed by atoms with Crippen LogP contribution in [0.4, 0.5) is 10.1 Å². The molecule has 3 fully saturated rings. The van der Waals surface area contributed by atoms with Gasteiger partial charge in [0.2, 0.25) is 0 Å². The van der Waals surface area contributed by atoms with Gasteiger partial charge in [0.1, 0.15) is 5.82 Å². The molecule has 3 saturated heterocycles. The van der Waals surface area contributed by atoms with Crippen LogP contribution in [0.1, 0.15) is 32.6 Å². The van der Waals surface area contributed by atoms with E-state index < -0.39 is 0 Å². The highest BCUT2D eigenvalue weighted by atomic mass is 19.1. The highest BCUT2D eigenvalue weighted by molar-refractivity contribution is 5.48. The molecular formula is C22H35FN4. The molecule has 0 radical (unpaired) electrons. The molecule has 0 spiro atoms. The Morgan fingerprint density at radius 1 is 0.852 bits per heavy atom. The van der Waals surface area contributed by atoms with E-state index in [2.05, 4.69) is 26.5 Å². The highest BCUT2D eigenvalue weighted by Gasteiger charge is 2.32. The van der Waals surface area contributed by atoms with E-state index in [0.29, 0.717) is 6.04 Å². The number of anilines is 1. The van der Waals surface area contributed by atoms with Crippen molar-refractivity contribution in [1.29, 1.82) is 0 Å². The fraction of sp³-hybridized carbons (Fsp3) is 0.727. The van der Waals surface area contributed by atoms with Crippen molar-refractivity contribution in [3.05, 3.63) is 30.1 Å². The van der Waals surface area contributed by atoms with Crippen molar-refractivity contribution in [3.63, 3.8) is 0 Å². The van der Waals surface area contributed by atoms with Crippen LogP contribution in [-0.2, 0) is 0 Å². The van der Waals surface area contributed by atoms with Gasteiger partial charge in [-0.3, -0.25) is 9.80 Å². The number of hydrogen-bond acceptors (Lipinski definition) is 4. The monoisotopic (exact) mass is 374 g/mol. The molecule has 0 bridgehead atoms. The van der Waals surface area contributed by atoms with Crippen LogP contribution in [0.2, 0.25) is 0 Å². The molecule has 1 atom stereocenters. The van der Waals surface area contributed by atoms with Crippen molar-refractivity contribution in [2.45, 2.75) is 44.7 Å². The summed E-state index contributed by atoms with van der Waals surface area (Å²) in [5, 5.41) is 0. The van der Waals surface area contributed by atoms with Crippen LogP contribution in [0.5, 0.6) is 0 Å². The fourth-order valence-electron chi connectivity index (χ4n) is 5.25. The first-order chi connectivity index (χ1) is 13.2. The number of para-hydroxylation sites is 1. The minimum atomic E-state index is -0.0896. The quantitative estimate of drug-likeness (QED) is 0.803. The lowest BCUT2D eigenvalue weighted by molar-refractivity contribution is 0.0426. The van der Waals surface area contributed by atoms with E-state index in [0.717, 1.165) is 37.9 Å². The third-order valence-corrected chi connectivity index (χ3v) is 6.97. The van der Waals surface area contributed by atoms with Crippen molar-refractivity contribution < 1.29 is 4.39 Å². The summed E-state index contributed by atoms with van der Waals surface area (Å²) in [5.74, 6) is -0.0896. The van der Waals surface area contributed by atoms with E-state index in [1.807, 2.05) is 12.1 Å². The molecule has 0 saturated carbocycles. The van der Waals surface area contributed by atoms with E-state index >= 15 is 0 Å². The maximum Gasteiger partial charge on any atom is 0.146 e. The molecule has 3 aliphatic rings. The first-order valence-corrected chi connectivity index (χ1v) is 10.9. The number of likely N-dealkylation sites (tertiary alicyclic amines) is 2. The molecule has 3 heterocycles. The van der Waals surface area contributed by atoms with Crippen molar-refractivity contribution in [3.8, 4) is 0 Å². The molecule has 0 amide bonds. The minimum absolute atomic E-state index is 0.0896. The summed E-state index contributed by atoms with van der Waals surface area (Å²) in [6.07, 6.45) is 5.32. The summed E-state index contributed by atoms with van der Waals surface area (Å²) in [4.78, 5) is 10.3. The standard InChI is InChI=1S/C22H35FN4/c1-2-24-12-9-19(10-13-24)27-11-5-6-20(18-27)25-14-16-26(17-15-25)22-8-4-3-7-21(22)23/h3-4,7-8,19-20H,2,5-6,9-18H2,1H3/t20-/m0/s1. The third kappa shape index (κ3) is 4.47. The first-order valence-electron chi connectivity index (χ1n) is 10.9. The number of rotatable bonds is 4. The first kappa shape index (κ1) is 19.2. The lowest BCUT2D eigenvalue weighted by Gasteiger charge is -2.47. The number of hydrogen-bond donors (Lipinski definition) is 0. The van der Waals surface area contributed by atoms with Gasteiger partial charge in [0.05, 0.1) is 5.69 Å². The second kappa shape index (κ2) is 8.89. The van der Waals surface area contributed by atoms with Gasteiger partial charge in [-0.1, -0.05) is 19.1 Å². The summed E-state index contributed by atoms with van der Waals surface area (Å²) in [6.45, 7) is 12.5. The molecule has 3 aliphatic heterocycles. The van der Waals surface area contributed by atoms with Gasteiger partial charge in [0, 0.05) is 44.8 Å². The molecule has 0 aliphatic carbocycles. The minimum Gasteiger partial charge on any atom is -0.367 e. The highest BCUT2D eigenvalue weighted by Crippen LogP contribution is 2.25. The van der Waals surface area contributed by atoms with Crippen LogP contribution >= 0.6 is 0 Å². The Bertz CT molecular complexity index is 594. The van der Waals surface area contributed by atoms with Crippen molar-refractivity contribution in [1.82, 2.24) is 14.7 Å². The normalized spacial score (nSPS) is 27.2. The molecule has 1 aromatic rings. The lowest BCUT2D eigenvalue weighted by atomic mass is 9.97. The summed E-state index contributed by atoms with van der Waals surface area (Å²) in [6, 6.07) is 8.67. The predicted molar refractivity (Wildman–Crippen MR) is 110 cm³/mol. The zero-order chi connectivity index (χ0) is 18.6. The van der Waals surface area contributed by atoms with E-state index in [1.165, 1.54) is 58.4 Å². The number of nitrogens with zero attached hydrogens (tertiary/aromatic N) is 4. The molecule has 0 aromatic heterocycles.